The third-order valence-electron chi connectivity index (χ3n) is 5.47. The number of benzene rings is 2. The SMILES string of the molecule is Fc1ccc([C@H]2CN[C@@H]3CCCN(Cc4ccc(Cl)c(F)c4)[C@H]23)cc1. The molecule has 5 heteroatoms. The number of rotatable bonds is 3. The Morgan fingerprint density at radius 2 is 1.92 bits per heavy atom. The van der Waals surface area contributed by atoms with Gasteiger partial charge in [-0.2, -0.15) is 0 Å². The van der Waals surface area contributed by atoms with Gasteiger partial charge in [-0.25, -0.2) is 8.78 Å². The lowest BCUT2D eigenvalue weighted by molar-refractivity contribution is 0.120. The van der Waals surface area contributed by atoms with Crippen molar-refractivity contribution in [2.24, 2.45) is 0 Å². The predicted octanol–water partition coefficient (Wildman–Crippen LogP) is 4.34. The highest BCUT2D eigenvalue weighted by Gasteiger charge is 2.42. The Balaban J connectivity index is 1.58. The maximum atomic E-state index is 13.8. The van der Waals surface area contributed by atoms with Gasteiger partial charge in [0.2, 0.25) is 0 Å². The Labute approximate surface area is 151 Å². The number of hydrogen-bond donors (Lipinski definition) is 1. The molecule has 2 fully saturated rings. The van der Waals surface area contributed by atoms with Crippen molar-refractivity contribution in [2.45, 2.75) is 37.4 Å². The molecule has 2 nitrogen and oxygen atoms in total. The fourth-order valence-electron chi connectivity index (χ4n) is 4.33. The van der Waals surface area contributed by atoms with Crippen LogP contribution in [0.3, 0.4) is 0 Å². The van der Waals surface area contributed by atoms with Crippen molar-refractivity contribution in [1.29, 1.82) is 0 Å². The molecule has 2 aliphatic heterocycles. The molecule has 0 spiro atoms. The molecule has 25 heavy (non-hydrogen) atoms. The molecule has 0 aromatic heterocycles. The van der Waals surface area contributed by atoms with Crippen molar-refractivity contribution in [1.82, 2.24) is 10.2 Å². The Morgan fingerprint density at radius 3 is 2.68 bits per heavy atom. The van der Waals surface area contributed by atoms with Crippen molar-refractivity contribution in [3.63, 3.8) is 0 Å². The first-order valence-corrected chi connectivity index (χ1v) is 9.16. The number of halogens is 3. The van der Waals surface area contributed by atoms with Gasteiger partial charge in [-0.3, -0.25) is 4.90 Å². The zero-order valence-corrected chi connectivity index (χ0v) is 14.6. The van der Waals surface area contributed by atoms with Gasteiger partial charge in [-0.15, -0.1) is 0 Å². The van der Waals surface area contributed by atoms with Gasteiger partial charge in [-0.1, -0.05) is 29.8 Å². The zero-order chi connectivity index (χ0) is 17.4. The van der Waals surface area contributed by atoms with Crippen LogP contribution in [-0.2, 0) is 6.54 Å². The molecule has 0 saturated carbocycles. The van der Waals surface area contributed by atoms with Gasteiger partial charge in [0, 0.05) is 31.1 Å². The van der Waals surface area contributed by atoms with Gasteiger partial charge in [0.05, 0.1) is 5.02 Å². The Hall–Kier alpha value is -1.49. The Bertz CT molecular complexity index is 750. The summed E-state index contributed by atoms with van der Waals surface area (Å²) in [6.07, 6.45) is 2.27. The molecule has 0 unspecified atom stereocenters. The molecule has 1 N–H and O–H groups in total. The Morgan fingerprint density at radius 1 is 1.12 bits per heavy atom. The van der Waals surface area contributed by atoms with Crippen molar-refractivity contribution >= 4 is 11.6 Å². The molecule has 132 valence electrons. The number of hydrogen-bond acceptors (Lipinski definition) is 2. The van der Waals surface area contributed by atoms with Crippen LogP contribution in [0.1, 0.15) is 29.9 Å². The summed E-state index contributed by atoms with van der Waals surface area (Å²) < 4.78 is 27.1. The quantitative estimate of drug-likeness (QED) is 0.873. The monoisotopic (exact) mass is 362 g/mol. The molecular formula is C20H21ClF2N2. The van der Waals surface area contributed by atoms with Crippen LogP contribution < -0.4 is 5.32 Å². The zero-order valence-electron chi connectivity index (χ0n) is 13.9. The third kappa shape index (κ3) is 3.43. The molecular weight excluding hydrogens is 342 g/mol. The summed E-state index contributed by atoms with van der Waals surface area (Å²) in [5.41, 5.74) is 2.10. The first kappa shape index (κ1) is 17.0. The van der Waals surface area contributed by atoms with Crippen LogP contribution in [0.25, 0.3) is 0 Å². The summed E-state index contributed by atoms with van der Waals surface area (Å²) in [5.74, 6) is -0.251. The molecule has 2 heterocycles. The lowest BCUT2D eigenvalue weighted by Gasteiger charge is -2.40. The first-order valence-electron chi connectivity index (χ1n) is 8.78. The minimum atomic E-state index is -0.368. The molecule has 0 amide bonds. The maximum Gasteiger partial charge on any atom is 0.142 e. The third-order valence-corrected chi connectivity index (χ3v) is 5.78. The van der Waals surface area contributed by atoms with E-state index in [1.807, 2.05) is 18.2 Å². The average molecular weight is 363 g/mol. The van der Waals surface area contributed by atoms with E-state index in [2.05, 4.69) is 10.2 Å². The number of piperidine rings is 1. The van der Waals surface area contributed by atoms with Crippen LogP contribution in [0.15, 0.2) is 42.5 Å². The highest BCUT2D eigenvalue weighted by molar-refractivity contribution is 6.30. The van der Waals surface area contributed by atoms with Crippen LogP contribution in [0, 0.1) is 11.6 Å². The van der Waals surface area contributed by atoms with Gasteiger partial charge in [0.25, 0.3) is 0 Å². The number of likely N-dealkylation sites (tertiary alicyclic amines) is 1. The second-order valence-electron chi connectivity index (χ2n) is 7.02. The highest BCUT2D eigenvalue weighted by Crippen LogP contribution is 2.36. The van der Waals surface area contributed by atoms with Gasteiger partial charge in [-0.05, 0) is 54.8 Å². The fraction of sp³-hybridized carbons (Fsp3) is 0.400. The van der Waals surface area contributed by atoms with Crippen LogP contribution in [0.4, 0.5) is 8.78 Å². The second-order valence-corrected chi connectivity index (χ2v) is 7.43. The van der Waals surface area contributed by atoms with Crippen molar-refractivity contribution in [2.75, 3.05) is 13.1 Å². The minimum Gasteiger partial charge on any atom is -0.312 e. The van der Waals surface area contributed by atoms with Crippen LogP contribution in [0.5, 0.6) is 0 Å². The van der Waals surface area contributed by atoms with Gasteiger partial charge in [0.1, 0.15) is 11.6 Å². The molecule has 2 aliphatic rings. The predicted molar refractivity (Wildman–Crippen MR) is 95.8 cm³/mol. The number of nitrogens with one attached hydrogen (secondary N) is 1. The minimum absolute atomic E-state index is 0.159. The smallest absolute Gasteiger partial charge is 0.142 e. The maximum absolute atomic E-state index is 13.8. The lowest BCUT2D eigenvalue weighted by atomic mass is 9.86. The standard InChI is InChI=1S/C20H21ClF2N2/c21-17-8-3-13(10-18(17)23)12-25-9-1-2-19-20(25)16(11-24-19)14-4-6-15(22)7-5-14/h3-8,10,16,19-20,24H,1-2,9,11-12H2/t16-,19-,20-/m1/s1. The van der Waals surface area contributed by atoms with Crippen molar-refractivity contribution in [3.05, 3.63) is 70.2 Å². The molecule has 2 aromatic carbocycles. The summed E-state index contributed by atoms with van der Waals surface area (Å²) in [5, 5.41) is 3.79. The summed E-state index contributed by atoms with van der Waals surface area (Å²) in [6.45, 7) is 2.59. The molecule has 2 saturated heterocycles. The summed E-state index contributed by atoms with van der Waals surface area (Å²) >= 11 is 5.80. The molecule has 0 aliphatic carbocycles. The van der Waals surface area contributed by atoms with Crippen molar-refractivity contribution < 1.29 is 8.78 Å². The lowest BCUT2D eigenvalue weighted by Crippen LogP contribution is -2.49. The summed E-state index contributed by atoms with van der Waals surface area (Å²) in [4.78, 5) is 2.44. The second kappa shape index (κ2) is 7.02. The van der Waals surface area contributed by atoms with E-state index in [9.17, 15) is 8.78 Å². The van der Waals surface area contributed by atoms with E-state index >= 15 is 0 Å². The largest absolute Gasteiger partial charge is 0.312 e. The van der Waals surface area contributed by atoms with Gasteiger partial charge in [0.15, 0.2) is 0 Å². The molecule has 2 aromatic rings. The van der Waals surface area contributed by atoms with Gasteiger partial charge < -0.3 is 5.32 Å². The summed E-state index contributed by atoms with van der Waals surface area (Å²) in [7, 11) is 0. The Kier molecular flexibility index (Phi) is 4.76. The van der Waals surface area contributed by atoms with E-state index in [0.717, 1.165) is 37.1 Å². The van der Waals surface area contributed by atoms with Crippen LogP contribution in [-0.4, -0.2) is 30.1 Å². The van der Waals surface area contributed by atoms with Crippen LogP contribution in [0.2, 0.25) is 5.02 Å². The average Bonchev–Trinajstić information content (AvgIpc) is 3.04. The summed E-state index contributed by atoms with van der Waals surface area (Å²) in [6, 6.07) is 12.7. The van der Waals surface area contributed by atoms with E-state index in [4.69, 9.17) is 11.6 Å². The number of nitrogens with zero attached hydrogens (tertiary/aromatic N) is 1. The van der Waals surface area contributed by atoms with Gasteiger partial charge >= 0.3 is 0 Å². The topological polar surface area (TPSA) is 15.3 Å². The molecule has 0 bridgehead atoms. The van der Waals surface area contributed by atoms with E-state index in [1.54, 1.807) is 6.07 Å². The van der Waals surface area contributed by atoms with E-state index in [0.29, 0.717) is 24.5 Å². The fourth-order valence-corrected chi connectivity index (χ4v) is 4.44. The highest BCUT2D eigenvalue weighted by atomic mass is 35.5. The van der Waals surface area contributed by atoms with Crippen LogP contribution >= 0.6 is 11.6 Å². The molecule has 3 atom stereocenters. The molecule has 4 rings (SSSR count). The normalized spacial score (nSPS) is 26.6. The van der Waals surface area contributed by atoms with E-state index in [1.165, 1.54) is 18.2 Å². The molecule has 0 radical (unpaired) electrons. The number of fused-ring (bicyclic) bond motifs is 1. The van der Waals surface area contributed by atoms with E-state index in [-0.39, 0.29) is 16.7 Å². The first-order chi connectivity index (χ1) is 12.1. The van der Waals surface area contributed by atoms with E-state index < -0.39 is 0 Å². The van der Waals surface area contributed by atoms with Crippen molar-refractivity contribution in [3.8, 4) is 0 Å².